The third-order valence-electron chi connectivity index (χ3n) is 5.12. The molecule has 0 saturated carbocycles. The Morgan fingerprint density at radius 3 is 2.54 bits per heavy atom. The number of benzene rings is 2. The number of hydrogen-bond donors (Lipinski definition) is 2. The second kappa shape index (κ2) is 12.7. The van der Waals surface area contributed by atoms with Gasteiger partial charge in [0, 0.05) is 36.5 Å². The minimum absolute atomic E-state index is 0.0408. The first-order valence-electron chi connectivity index (χ1n) is 11.2. The number of carbonyl (C=O) groups is 4. The van der Waals surface area contributed by atoms with E-state index in [1.54, 1.807) is 0 Å². The van der Waals surface area contributed by atoms with Gasteiger partial charge in [0.05, 0.1) is 6.61 Å². The normalized spacial score (nSPS) is 16.6. The molecule has 1 heterocycles. The predicted octanol–water partition coefficient (Wildman–Crippen LogP) is 1.94. The number of anilines is 2. The third-order valence-corrected chi connectivity index (χ3v) is 5.12. The lowest BCUT2D eigenvalue weighted by Crippen LogP contribution is -2.56. The molecule has 1 saturated heterocycles. The van der Waals surface area contributed by atoms with Gasteiger partial charge < -0.3 is 34.6 Å². The van der Waals surface area contributed by atoms with Crippen molar-refractivity contribution in [1.29, 1.82) is 0 Å². The summed E-state index contributed by atoms with van der Waals surface area (Å²) in [5.41, 5.74) is 0.739. The molecule has 1 aliphatic rings. The zero-order valence-electron chi connectivity index (χ0n) is 20.6. The monoisotopic (exact) mass is 552 g/mol. The SMILES string of the molecule is CO/N=C(\NC=O)c1ccc(NC(=O)C(OC(C)=O)C2OCCN(c3cccc(OC(F)(F)F)c3)C2=O)cc1. The fourth-order valence-electron chi connectivity index (χ4n) is 3.59. The van der Waals surface area contributed by atoms with Gasteiger partial charge in [-0.15, -0.1) is 13.2 Å². The first-order valence-corrected chi connectivity index (χ1v) is 11.2. The molecular weight excluding hydrogens is 529 g/mol. The number of amides is 3. The van der Waals surface area contributed by atoms with Crippen molar-refractivity contribution in [3.8, 4) is 5.75 Å². The molecule has 39 heavy (non-hydrogen) atoms. The maximum atomic E-state index is 13.3. The van der Waals surface area contributed by atoms with E-state index in [9.17, 15) is 32.3 Å². The largest absolute Gasteiger partial charge is 0.573 e. The highest BCUT2D eigenvalue weighted by molar-refractivity contribution is 6.06. The number of halogens is 3. The molecule has 2 N–H and O–H groups in total. The van der Waals surface area contributed by atoms with Crippen molar-refractivity contribution in [2.24, 2.45) is 5.16 Å². The van der Waals surface area contributed by atoms with Gasteiger partial charge in [-0.3, -0.25) is 19.2 Å². The van der Waals surface area contributed by atoms with Gasteiger partial charge >= 0.3 is 12.3 Å². The van der Waals surface area contributed by atoms with Gasteiger partial charge in [0.25, 0.3) is 11.8 Å². The van der Waals surface area contributed by atoms with Crippen LogP contribution in [0, 0.1) is 0 Å². The summed E-state index contributed by atoms with van der Waals surface area (Å²) >= 11 is 0. The van der Waals surface area contributed by atoms with Crippen LogP contribution in [0.3, 0.4) is 0 Å². The van der Waals surface area contributed by atoms with Crippen molar-refractivity contribution < 1.29 is 51.4 Å². The average molecular weight is 552 g/mol. The maximum Gasteiger partial charge on any atom is 0.573 e. The van der Waals surface area contributed by atoms with Crippen LogP contribution in [0.5, 0.6) is 5.75 Å². The van der Waals surface area contributed by atoms with E-state index < -0.39 is 42.1 Å². The molecule has 2 unspecified atom stereocenters. The Balaban J connectivity index is 1.80. The second-order valence-electron chi connectivity index (χ2n) is 7.81. The molecule has 15 heteroatoms. The quantitative estimate of drug-likeness (QED) is 0.158. The van der Waals surface area contributed by atoms with Gasteiger partial charge in [-0.2, -0.15) is 0 Å². The van der Waals surface area contributed by atoms with E-state index in [2.05, 4.69) is 25.4 Å². The first-order chi connectivity index (χ1) is 18.5. The number of hydrogen-bond acceptors (Lipinski definition) is 9. The smallest absolute Gasteiger partial charge is 0.449 e. The Labute approximate surface area is 219 Å². The summed E-state index contributed by atoms with van der Waals surface area (Å²) in [6.45, 7) is 0.890. The van der Waals surface area contributed by atoms with Crippen molar-refractivity contribution in [2.45, 2.75) is 25.5 Å². The molecular formula is C24H23F3N4O8. The van der Waals surface area contributed by atoms with Gasteiger partial charge in [0.2, 0.25) is 12.5 Å². The zero-order valence-corrected chi connectivity index (χ0v) is 20.6. The molecule has 2 atom stereocenters. The fraction of sp³-hybridized carbons (Fsp3) is 0.292. The van der Waals surface area contributed by atoms with Crippen LogP contribution in [0.15, 0.2) is 53.7 Å². The number of alkyl halides is 3. The Bertz CT molecular complexity index is 1240. The Morgan fingerprint density at radius 1 is 1.21 bits per heavy atom. The highest BCUT2D eigenvalue weighted by Gasteiger charge is 2.43. The van der Waals surface area contributed by atoms with Crippen molar-refractivity contribution in [2.75, 3.05) is 30.5 Å². The van der Waals surface area contributed by atoms with E-state index in [-0.39, 0.29) is 30.4 Å². The lowest BCUT2D eigenvalue weighted by Gasteiger charge is -2.35. The number of nitrogens with zero attached hydrogens (tertiary/aromatic N) is 2. The summed E-state index contributed by atoms with van der Waals surface area (Å²) in [6.07, 6.45) is -7.85. The molecule has 3 amide bonds. The van der Waals surface area contributed by atoms with Crippen LogP contribution in [0.25, 0.3) is 0 Å². The number of morpholine rings is 1. The summed E-state index contributed by atoms with van der Waals surface area (Å²) in [7, 11) is 1.29. The van der Waals surface area contributed by atoms with E-state index >= 15 is 0 Å². The lowest BCUT2D eigenvalue weighted by molar-refractivity contribution is -0.274. The number of rotatable bonds is 9. The number of amidine groups is 1. The molecule has 0 bridgehead atoms. The molecule has 3 rings (SSSR count). The molecule has 2 aromatic rings. The molecule has 0 spiro atoms. The molecule has 12 nitrogen and oxygen atoms in total. The third kappa shape index (κ3) is 7.91. The summed E-state index contributed by atoms with van der Waals surface area (Å²) in [4.78, 5) is 54.6. The number of nitrogens with one attached hydrogen (secondary N) is 2. The minimum Gasteiger partial charge on any atom is -0.449 e. The summed E-state index contributed by atoms with van der Waals surface area (Å²) in [5, 5.41) is 8.54. The van der Waals surface area contributed by atoms with Crippen molar-refractivity contribution in [3.05, 3.63) is 54.1 Å². The summed E-state index contributed by atoms with van der Waals surface area (Å²) in [5.74, 6) is -3.03. The van der Waals surface area contributed by atoms with Gasteiger partial charge in [-0.25, -0.2) is 0 Å². The predicted molar refractivity (Wildman–Crippen MR) is 129 cm³/mol. The van der Waals surface area contributed by atoms with Gasteiger partial charge in [-0.1, -0.05) is 11.2 Å². The maximum absolute atomic E-state index is 13.3. The molecule has 1 fully saturated rings. The summed E-state index contributed by atoms with van der Waals surface area (Å²) < 4.78 is 52.4. The molecule has 208 valence electrons. The van der Waals surface area contributed by atoms with Crippen LogP contribution in [-0.4, -0.2) is 68.9 Å². The van der Waals surface area contributed by atoms with E-state index in [0.29, 0.717) is 12.0 Å². The fourth-order valence-corrected chi connectivity index (χ4v) is 3.59. The molecule has 0 aromatic heterocycles. The van der Waals surface area contributed by atoms with E-state index in [1.165, 1.54) is 43.5 Å². The highest BCUT2D eigenvalue weighted by Crippen LogP contribution is 2.29. The number of carbonyl (C=O) groups excluding carboxylic acids is 4. The number of oxime groups is 1. The summed E-state index contributed by atoms with van der Waals surface area (Å²) in [6, 6.07) is 10.6. The van der Waals surface area contributed by atoms with Crippen molar-refractivity contribution in [1.82, 2.24) is 5.32 Å². The van der Waals surface area contributed by atoms with Gasteiger partial charge in [-0.05, 0) is 36.4 Å². The van der Waals surface area contributed by atoms with Crippen LogP contribution in [-0.2, 0) is 33.5 Å². The van der Waals surface area contributed by atoms with Crippen LogP contribution >= 0.6 is 0 Å². The number of ether oxygens (including phenoxy) is 3. The average Bonchev–Trinajstić information content (AvgIpc) is 2.87. The number of esters is 1. The van der Waals surface area contributed by atoms with E-state index in [0.717, 1.165) is 24.0 Å². The Morgan fingerprint density at radius 2 is 1.92 bits per heavy atom. The Hall–Kier alpha value is -4.66. The van der Waals surface area contributed by atoms with Gasteiger partial charge in [0.1, 0.15) is 12.9 Å². The van der Waals surface area contributed by atoms with Crippen LogP contribution < -0.4 is 20.3 Å². The van der Waals surface area contributed by atoms with Crippen LogP contribution in [0.1, 0.15) is 12.5 Å². The first kappa shape index (κ1) is 28.9. The van der Waals surface area contributed by atoms with E-state index in [1.807, 2.05) is 0 Å². The van der Waals surface area contributed by atoms with E-state index in [4.69, 9.17) is 9.47 Å². The molecule has 1 aliphatic heterocycles. The Kier molecular flexibility index (Phi) is 9.43. The van der Waals surface area contributed by atoms with Crippen molar-refractivity contribution in [3.63, 3.8) is 0 Å². The zero-order chi connectivity index (χ0) is 28.6. The molecule has 0 aliphatic carbocycles. The van der Waals surface area contributed by atoms with Crippen molar-refractivity contribution >= 4 is 41.4 Å². The lowest BCUT2D eigenvalue weighted by atomic mass is 10.1. The molecule has 2 aromatic carbocycles. The standard InChI is InChI=1S/C24H23F3N4O8/c1-14(33)38-19(22(34)29-16-8-6-15(7-9-16)21(28-13-32)30-36-2)20-23(35)31(10-11-37-20)17-4-3-5-18(12-17)39-24(25,26)27/h3-9,12-13,19-20H,10-11H2,1-2H3,(H,29,34)(H,28,30,32). The van der Waals surface area contributed by atoms with Gasteiger partial charge in [0.15, 0.2) is 11.9 Å². The highest BCUT2D eigenvalue weighted by atomic mass is 19.4. The topological polar surface area (TPSA) is 145 Å². The second-order valence-corrected chi connectivity index (χ2v) is 7.81. The molecule has 0 radical (unpaired) electrons. The minimum atomic E-state index is -4.93. The van der Waals surface area contributed by atoms with Crippen LogP contribution in [0.2, 0.25) is 0 Å². The van der Waals surface area contributed by atoms with Crippen LogP contribution in [0.4, 0.5) is 24.5 Å².